The highest BCUT2D eigenvalue weighted by molar-refractivity contribution is 7.92. The van der Waals surface area contributed by atoms with Gasteiger partial charge in [0.25, 0.3) is 0 Å². The Morgan fingerprint density at radius 2 is 1.87 bits per heavy atom. The van der Waals surface area contributed by atoms with Crippen LogP contribution in [0.25, 0.3) is 11.1 Å². The number of carbonyl (C=O) groups excluding carboxylic acids is 1. The highest BCUT2D eigenvalue weighted by Crippen LogP contribution is 2.44. The van der Waals surface area contributed by atoms with Crippen molar-refractivity contribution in [1.29, 1.82) is 5.26 Å². The van der Waals surface area contributed by atoms with Crippen LogP contribution in [0.4, 0.5) is 13.2 Å². The molecule has 1 N–H and O–H groups in total. The molecule has 2 aromatic rings. The molecule has 5 rings (SSSR count). The first-order chi connectivity index (χ1) is 17.9. The average Bonchev–Trinajstić information content (AvgIpc) is 3.47. The van der Waals surface area contributed by atoms with Crippen molar-refractivity contribution in [2.24, 2.45) is 5.92 Å². The molecule has 7 nitrogen and oxygen atoms in total. The van der Waals surface area contributed by atoms with Crippen molar-refractivity contribution in [3.05, 3.63) is 47.8 Å². The SMILES string of the molecule is Cc1cc(-c2ccc(S(=O)(=O)[C@@H]3C[C@H](OC4CCC4)[C@@H](C(=O)NC4(C#N)CC4)C3)c(C(F)(F)F)c2)ccn1. The molecule has 3 aliphatic rings. The maximum Gasteiger partial charge on any atom is 0.417 e. The molecule has 3 saturated carbocycles. The molecule has 0 aliphatic heterocycles. The summed E-state index contributed by atoms with van der Waals surface area (Å²) < 4.78 is 76.0. The van der Waals surface area contributed by atoms with E-state index < -0.39 is 55.2 Å². The summed E-state index contributed by atoms with van der Waals surface area (Å²) in [5.74, 6) is -1.35. The topological polar surface area (TPSA) is 109 Å². The first kappa shape index (κ1) is 26.6. The van der Waals surface area contributed by atoms with Gasteiger partial charge in [-0.3, -0.25) is 9.78 Å². The quantitative estimate of drug-likeness (QED) is 0.537. The fourth-order valence-electron chi connectivity index (χ4n) is 5.19. The van der Waals surface area contributed by atoms with Crippen LogP contribution < -0.4 is 5.32 Å². The summed E-state index contributed by atoms with van der Waals surface area (Å²) in [6.45, 7) is 1.71. The number of halogens is 3. The molecule has 1 heterocycles. The van der Waals surface area contributed by atoms with E-state index >= 15 is 0 Å². The second kappa shape index (κ2) is 9.65. The van der Waals surface area contributed by atoms with E-state index in [1.807, 2.05) is 0 Å². The lowest BCUT2D eigenvalue weighted by molar-refractivity contribution is -0.140. The lowest BCUT2D eigenvalue weighted by atomic mass is 9.95. The van der Waals surface area contributed by atoms with E-state index in [9.17, 15) is 31.6 Å². The molecule has 0 spiro atoms. The third kappa shape index (κ3) is 5.16. The summed E-state index contributed by atoms with van der Waals surface area (Å²) in [7, 11) is -4.47. The van der Waals surface area contributed by atoms with Crippen molar-refractivity contribution in [2.75, 3.05) is 0 Å². The highest BCUT2D eigenvalue weighted by Gasteiger charge is 2.51. The summed E-state index contributed by atoms with van der Waals surface area (Å²) in [4.78, 5) is 16.4. The zero-order valence-electron chi connectivity index (χ0n) is 20.8. The van der Waals surface area contributed by atoms with E-state index in [1.54, 1.807) is 19.1 Å². The lowest BCUT2D eigenvalue weighted by Crippen LogP contribution is -2.43. The largest absolute Gasteiger partial charge is 0.417 e. The third-order valence-corrected chi connectivity index (χ3v) is 10.0. The number of hydrogen-bond donors (Lipinski definition) is 1. The molecule has 1 amide bonds. The third-order valence-electron chi connectivity index (χ3n) is 7.80. The molecule has 1 aromatic heterocycles. The Labute approximate surface area is 219 Å². The molecule has 3 aliphatic carbocycles. The van der Waals surface area contributed by atoms with E-state index in [0.29, 0.717) is 24.1 Å². The van der Waals surface area contributed by atoms with Crippen molar-refractivity contribution < 1.29 is 31.1 Å². The average molecular weight is 548 g/mol. The number of carbonyl (C=O) groups is 1. The first-order valence-electron chi connectivity index (χ1n) is 12.7. The summed E-state index contributed by atoms with van der Waals surface area (Å²) in [6.07, 6.45) is -0.973. The monoisotopic (exact) mass is 547 g/mol. The van der Waals surface area contributed by atoms with E-state index in [1.165, 1.54) is 12.3 Å². The number of aryl methyl sites for hydroxylation is 1. The number of sulfone groups is 1. The Bertz CT molecular complexity index is 1400. The predicted molar refractivity (Wildman–Crippen MR) is 131 cm³/mol. The lowest BCUT2D eigenvalue weighted by Gasteiger charge is -2.31. The predicted octanol–water partition coefficient (Wildman–Crippen LogP) is 4.74. The highest BCUT2D eigenvalue weighted by atomic mass is 32.2. The minimum absolute atomic E-state index is 0.0843. The summed E-state index contributed by atoms with van der Waals surface area (Å²) in [6, 6.07) is 8.49. The van der Waals surface area contributed by atoms with Gasteiger partial charge in [0, 0.05) is 11.9 Å². The number of aromatic nitrogens is 1. The molecule has 3 fully saturated rings. The van der Waals surface area contributed by atoms with Crippen LogP contribution in [0.15, 0.2) is 41.4 Å². The van der Waals surface area contributed by atoms with Gasteiger partial charge in [-0.2, -0.15) is 18.4 Å². The number of nitriles is 1. The number of amides is 1. The van der Waals surface area contributed by atoms with Gasteiger partial charge in [0.2, 0.25) is 5.91 Å². The fraction of sp³-hybridized carbons (Fsp3) is 0.519. The van der Waals surface area contributed by atoms with Crippen molar-refractivity contribution in [3.8, 4) is 17.2 Å². The summed E-state index contributed by atoms with van der Waals surface area (Å²) >= 11 is 0. The van der Waals surface area contributed by atoms with Crippen LogP contribution in [0.2, 0.25) is 0 Å². The van der Waals surface area contributed by atoms with Gasteiger partial charge in [-0.05, 0) is 87.3 Å². The Morgan fingerprint density at radius 3 is 2.45 bits per heavy atom. The number of benzene rings is 1. The Kier molecular flexibility index (Phi) is 6.76. The van der Waals surface area contributed by atoms with Crippen molar-refractivity contribution >= 4 is 15.7 Å². The minimum atomic E-state index is -4.91. The van der Waals surface area contributed by atoms with Crippen molar-refractivity contribution in [3.63, 3.8) is 0 Å². The van der Waals surface area contributed by atoms with Crippen LogP contribution in [0.1, 0.15) is 56.2 Å². The molecule has 11 heteroatoms. The van der Waals surface area contributed by atoms with Gasteiger partial charge in [-0.25, -0.2) is 8.42 Å². The maximum atomic E-state index is 14.2. The smallest absolute Gasteiger partial charge is 0.374 e. The molecule has 38 heavy (non-hydrogen) atoms. The zero-order valence-corrected chi connectivity index (χ0v) is 21.6. The van der Waals surface area contributed by atoms with Crippen molar-refractivity contribution in [2.45, 2.75) is 85.9 Å². The standard InChI is InChI=1S/C27H28F3N3O4S/c1-16-11-18(7-10-32-16)17-5-6-24(22(12-17)27(28,29)30)38(35,36)20-13-21(23(14-20)37-19-3-2-4-19)25(34)33-26(15-31)8-9-26/h5-7,10-12,19-21,23H,2-4,8-9,13-14H2,1H3,(H,33,34)/t20-,21-,23-/m0/s1. The van der Waals surface area contributed by atoms with Gasteiger partial charge in [0.05, 0.1) is 39.9 Å². The van der Waals surface area contributed by atoms with Gasteiger partial charge >= 0.3 is 6.18 Å². The summed E-state index contributed by atoms with van der Waals surface area (Å²) in [5, 5.41) is 10.9. The Morgan fingerprint density at radius 1 is 1.16 bits per heavy atom. The van der Waals surface area contributed by atoms with Crippen LogP contribution >= 0.6 is 0 Å². The van der Waals surface area contributed by atoms with E-state index in [2.05, 4.69) is 16.4 Å². The first-order valence-corrected chi connectivity index (χ1v) is 14.2. The molecule has 3 atom stereocenters. The fourth-order valence-corrected chi connectivity index (χ4v) is 7.19. The number of rotatable bonds is 7. The number of ether oxygens (including phenoxy) is 1. The van der Waals surface area contributed by atoms with Gasteiger partial charge in [0.15, 0.2) is 9.84 Å². The van der Waals surface area contributed by atoms with Crippen LogP contribution in [0, 0.1) is 24.2 Å². The number of hydrogen-bond acceptors (Lipinski definition) is 6. The van der Waals surface area contributed by atoms with E-state index in [0.717, 1.165) is 31.4 Å². The zero-order chi connectivity index (χ0) is 27.3. The van der Waals surface area contributed by atoms with Crippen LogP contribution in [-0.2, 0) is 25.5 Å². The maximum absolute atomic E-state index is 14.2. The minimum Gasteiger partial charge on any atom is -0.374 e. The molecule has 1 aromatic carbocycles. The Balaban J connectivity index is 1.46. The van der Waals surface area contributed by atoms with Gasteiger partial charge in [0.1, 0.15) is 5.54 Å². The molecule has 0 unspecified atom stereocenters. The Hall–Kier alpha value is -2.97. The van der Waals surface area contributed by atoms with E-state index in [4.69, 9.17) is 4.74 Å². The van der Waals surface area contributed by atoms with Crippen LogP contribution in [0.3, 0.4) is 0 Å². The van der Waals surface area contributed by atoms with Crippen molar-refractivity contribution in [1.82, 2.24) is 10.3 Å². The van der Waals surface area contributed by atoms with Crippen LogP contribution in [0.5, 0.6) is 0 Å². The second-order valence-electron chi connectivity index (χ2n) is 10.6. The molecule has 202 valence electrons. The summed E-state index contributed by atoms with van der Waals surface area (Å²) in [5.41, 5.74) is -0.854. The number of nitrogens with one attached hydrogen (secondary N) is 1. The van der Waals surface area contributed by atoms with Gasteiger partial charge in [-0.1, -0.05) is 6.07 Å². The second-order valence-corrected chi connectivity index (χ2v) is 12.7. The molecule has 0 saturated heterocycles. The molecular formula is C27H28F3N3O4S. The van der Waals surface area contributed by atoms with E-state index in [-0.39, 0.29) is 24.5 Å². The van der Waals surface area contributed by atoms with Gasteiger partial charge < -0.3 is 10.1 Å². The molecule has 0 radical (unpaired) electrons. The number of alkyl halides is 3. The normalized spacial score (nSPS) is 24.9. The number of nitrogens with zero attached hydrogens (tertiary/aromatic N) is 2. The number of pyridine rings is 1. The molecular weight excluding hydrogens is 519 g/mol. The van der Waals surface area contributed by atoms with Gasteiger partial charge in [-0.15, -0.1) is 0 Å². The van der Waals surface area contributed by atoms with Crippen LogP contribution in [-0.4, -0.2) is 42.3 Å². The molecule has 0 bridgehead atoms.